The molecule has 0 fully saturated rings. The van der Waals surface area contributed by atoms with Crippen molar-refractivity contribution in [1.29, 1.82) is 5.26 Å². The zero-order valence-corrected chi connectivity index (χ0v) is 23.1. The highest BCUT2D eigenvalue weighted by atomic mass is 35.5. The van der Waals surface area contributed by atoms with Crippen LogP contribution in [0.2, 0.25) is 0 Å². The molecule has 0 unspecified atom stereocenters. The number of halogens is 1. The molecule has 10 nitrogen and oxygen atoms in total. The summed E-state index contributed by atoms with van der Waals surface area (Å²) in [6.07, 6.45) is 2.20. The average Bonchev–Trinajstić information content (AvgIpc) is 3.00. The zero-order chi connectivity index (χ0) is 29.0. The summed E-state index contributed by atoms with van der Waals surface area (Å²) in [6, 6.07) is 19.9. The van der Waals surface area contributed by atoms with Crippen molar-refractivity contribution >= 4 is 39.8 Å². The van der Waals surface area contributed by atoms with Gasteiger partial charge in [0.15, 0.2) is 29.6 Å². The zero-order valence-electron chi connectivity index (χ0n) is 22.4. The number of pyridine rings is 1. The third-order valence-electron chi connectivity index (χ3n) is 5.80. The van der Waals surface area contributed by atoms with Crippen LogP contribution in [0.25, 0.3) is 10.9 Å². The highest BCUT2D eigenvalue weighted by molar-refractivity contribution is 6.17. The van der Waals surface area contributed by atoms with Gasteiger partial charge in [-0.1, -0.05) is 12.1 Å². The number of hydrogen-bond donors (Lipinski definition) is 3. The number of amides is 1. The Labute approximate surface area is 242 Å². The molecule has 0 atom stereocenters. The van der Waals surface area contributed by atoms with E-state index in [4.69, 9.17) is 35.7 Å². The maximum absolute atomic E-state index is 11.8. The van der Waals surface area contributed by atoms with Gasteiger partial charge in [-0.05, 0) is 48.9 Å². The number of carbonyl (C=O) groups excluding carboxylic acids is 1. The Morgan fingerprint density at radius 1 is 1.05 bits per heavy atom. The molecule has 0 bridgehead atoms. The van der Waals surface area contributed by atoms with Crippen LogP contribution in [0, 0.1) is 11.3 Å². The van der Waals surface area contributed by atoms with Crippen LogP contribution in [0.4, 0.5) is 11.4 Å². The lowest BCUT2D eigenvalue weighted by Crippen LogP contribution is -2.31. The smallest absolute Gasteiger partial charge is 0.258 e. The van der Waals surface area contributed by atoms with E-state index in [-0.39, 0.29) is 25.7 Å². The van der Waals surface area contributed by atoms with E-state index in [9.17, 15) is 10.1 Å². The first-order valence-electron chi connectivity index (χ1n) is 12.8. The number of ether oxygens (including phenoxy) is 4. The second-order valence-corrected chi connectivity index (χ2v) is 9.01. The largest absolute Gasteiger partial charge is 0.493 e. The molecule has 212 valence electrons. The summed E-state index contributed by atoms with van der Waals surface area (Å²) in [4.78, 5) is 16.3. The van der Waals surface area contributed by atoms with Gasteiger partial charge in [-0.15, -0.1) is 11.6 Å². The summed E-state index contributed by atoms with van der Waals surface area (Å²) in [5.41, 5.74) is 2.29. The van der Waals surface area contributed by atoms with Crippen molar-refractivity contribution in [2.75, 3.05) is 44.7 Å². The van der Waals surface area contributed by atoms with E-state index in [2.05, 4.69) is 21.7 Å². The summed E-state index contributed by atoms with van der Waals surface area (Å²) in [6.45, 7) is 0.239. The van der Waals surface area contributed by atoms with Crippen LogP contribution in [0.15, 0.2) is 66.9 Å². The van der Waals surface area contributed by atoms with Crippen molar-refractivity contribution in [3.63, 3.8) is 0 Å². The number of rotatable bonds is 14. The Kier molecular flexibility index (Phi) is 10.4. The summed E-state index contributed by atoms with van der Waals surface area (Å²) >= 11 is 5.77. The van der Waals surface area contributed by atoms with Gasteiger partial charge >= 0.3 is 0 Å². The average molecular weight is 577 g/mol. The van der Waals surface area contributed by atoms with E-state index < -0.39 is 0 Å². The van der Waals surface area contributed by atoms with Crippen LogP contribution >= 0.6 is 11.6 Å². The molecule has 0 radical (unpaired) electrons. The number of aliphatic hydroxyl groups excluding tert-OH is 1. The number of hydrogen-bond acceptors (Lipinski definition) is 9. The van der Waals surface area contributed by atoms with Gasteiger partial charge in [0.1, 0.15) is 11.8 Å². The van der Waals surface area contributed by atoms with Gasteiger partial charge in [-0.25, -0.2) is 0 Å². The first-order valence-corrected chi connectivity index (χ1v) is 13.3. The lowest BCUT2D eigenvalue weighted by Gasteiger charge is -2.16. The molecular weight excluding hydrogens is 548 g/mol. The van der Waals surface area contributed by atoms with Crippen molar-refractivity contribution in [3.8, 4) is 34.8 Å². The first kappa shape index (κ1) is 29.3. The molecule has 0 saturated heterocycles. The van der Waals surface area contributed by atoms with Gasteiger partial charge < -0.3 is 34.7 Å². The SMILES string of the molecule is COc1cc2c(Nc3ccc(Oc4ccccc4OCC(=O)NCCO)cc3)c(C#N)cnc2cc1OCCCCl. The number of aromatic nitrogens is 1. The number of anilines is 2. The summed E-state index contributed by atoms with van der Waals surface area (Å²) < 4.78 is 23.0. The highest BCUT2D eigenvalue weighted by Gasteiger charge is 2.15. The highest BCUT2D eigenvalue weighted by Crippen LogP contribution is 2.38. The molecule has 1 heterocycles. The molecule has 3 N–H and O–H groups in total. The van der Waals surface area contributed by atoms with E-state index in [0.29, 0.717) is 75.5 Å². The second kappa shape index (κ2) is 14.6. The van der Waals surface area contributed by atoms with Crippen LogP contribution in [-0.2, 0) is 4.79 Å². The molecule has 0 aliphatic carbocycles. The van der Waals surface area contributed by atoms with Crippen LogP contribution in [-0.4, -0.2) is 55.4 Å². The van der Waals surface area contributed by atoms with Crippen LogP contribution in [0.3, 0.4) is 0 Å². The molecule has 1 aromatic heterocycles. The fourth-order valence-corrected chi connectivity index (χ4v) is 3.96. The number of aliphatic hydroxyl groups is 1. The third-order valence-corrected chi connectivity index (χ3v) is 6.07. The number of nitriles is 1. The molecule has 4 rings (SSSR count). The Morgan fingerprint density at radius 2 is 1.83 bits per heavy atom. The summed E-state index contributed by atoms with van der Waals surface area (Å²) in [7, 11) is 1.55. The van der Waals surface area contributed by atoms with E-state index in [1.54, 1.807) is 55.6 Å². The van der Waals surface area contributed by atoms with Gasteiger partial charge in [0.2, 0.25) is 0 Å². The summed E-state index contributed by atoms with van der Waals surface area (Å²) in [5, 5.41) is 25.2. The molecule has 4 aromatic rings. The Bertz CT molecular complexity index is 1520. The van der Waals surface area contributed by atoms with E-state index in [1.165, 1.54) is 6.20 Å². The number of methoxy groups -OCH3 is 1. The van der Waals surface area contributed by atoms with E-state index in [0.717, 1.165) is 0 Å². The minimum absolute atomic E-state index is 0.148. The monoisotopic (exact) mass is 576 g/mol. The van der Waals surface area contributed by atoms with Gasteiger partial charge in [-0.3, -0.25) is 9.78 Å². The van der Waals surface area contributed by atoms with Crippen molar-refractivity contribution in [2.24, 2.45) is 0 Å². The van der Waals surface area contributed by atoms with Crippen molar-refractivity contribution < 1.29 is 28.8 Å². The number of fused-ring (bicyclic) bond motifs is 1. The van der Waals surface area contributed by atoms with Gasteiger partial charge in [-0.2, -0.15) is 5.26 Å². The molecule has 0 saturated carbocycles. The van der Waals surface area contributed by atoms with Crippen molar-refractivity contribution in [3.05, 3.63) is 72.4 Å². The number of nitrogens with zero attached hydrogens (tertiary/aromatic N) is 2. The normalized spacial score (nSPS) is 10.5. The number of benzene rings is 3. The number of alkyl halides is 1. The predicted molar refractivity (Wildman–Crippen MR) is 156 cm³/mol. The molecule has 3 aromatic carbocycles. The van der Waals surface area contributed by atoms with Gasteiger partial charge in [0.25, 0.3) is 5.91 Å². The molecule has 0 spiro atoms. The van der Waals surface area contributed by atoms with Gasteiger partial charge in [0.05, 0.1) is 37.1 Å². The van der Waals surface area contributed by atoms with Crippen LogP contribution in [0.1, 0.15) is 12.0 Å². The second-order valence-electron chi connectivity index (χ2n) is 8.63. The molecular formula is C30H29ClN4O6. The molecule has 41 heavy (non-hydrogen) atoms. The Morgan fingerprint density at radius 3 is 2.54 bits per heavy atom. The van der Waals surface area contributed by atoms with Crippen LogP contribution < -0.4 is 29.6 Å². The van der Waals surface area contributed by atoms with Crippen molar-refractivity contribution in [1.82, 2.24) is 10.3 Å². The fraction of sp³-hybridized carbons (Fsp3) is 0.233. The molecule has 0 aliphatic rings. The van der Waals surface area contributed by atoms with Crippen LogP contribution in [0.5, 0.6) is 28.7 Å². The topological polar surface area (TPSA) is 135 Å². The lowest BCUT2D eigenvalue weighted by molar-refractivity contribution is -0.123. The van der Waals surface area contributed by atoms with Crippen molar-refractivity contribution in [2.45, 2.75) is 6.42 Å². The van der Waals surface area contributed by atoms with E-state index >= 15 is 0 Å². The Balaban J connectivity index is 1.52. The molecule has 11 heteroatoms. The predicted octanol–water partition coefficient (Wildman–Crippen LogP) is 5.15. The minimum Gasteiger partial charge on any atom is -0.493 e. The summed E-state index contributed by atoms with van der Waals surface area (Å²) in [5.74, 6) is 2.58. The number of nitrogens with one attached hydrogen (secondary N) is 2. The van der Waals surface area contributed by atoms with Gasteiger partial charge in [0, 0.05) is 35.8 Å². The molecule has 0 aliphatic heterocycles. The Hall–Kier alpha value is -4.72. The maximum atomic E-state index is 11.8. The fourth-order valence-electron chi connectivity index (χ4n) is 3.85. The number of para-hydroxylation sites is 2. The minimum atomic E-state index is -0.350. The maximum Gasteiger partial charge on any atom is 0.258 e. The first-order chi connectivity index (χ1) is 20.1. The standard InChI is InChI=1S/C30H29ClN4O6/c1-38-27-15-23-24(16-28(27)39-14-4-11-31)34-18-20(17-32)30(23)35-21-7-9-22(10-8-21)41-26-6-3-2-5-25(26)40-19-29(37)33-12-13-36/h2-3,5-10,15-16,18,36H,4,11-14,19H2,1H3,(H,33,37)(H,34,35). The third kappa shape index (κ3) is 7.69. The number of carbonyl (C=O) groups is 1. The molecule has 1 amide bonds. The lowest BCUT2D eigenvalue weighted by atomic mass is 10.1. The quantitative estimate of drug-likeness (QED) is 0.138. The van der Waals surface area contributed by atoms with E-state index in [1.807, 2.05) is 12.1 Å².